The van der Waals surface area contributed by atoms with E-state index in [1.165, 1.54) is 6.20 Å². The van der Waals surface area contributed by atoms with Crippen LogP contribution >= 0.6 is 0 Å². The SMILES string of the molecule is CC(C)c1c(C(=O)OCn2nnc3ccccc3c2=O)cnn1-c1ccccn1. The van der Waals surface area contributed by atoms with Gasteiger partial charge in [0.1, 0.15) is 11.1 Å². The van der Waals surface area contributed by atoms with Crippen LogP contribution in [0.5, 0.6) is 0 Å². The second-order valence-corrected chi connectivity index (χ2v) is 6.67. The third-order valence-electron chi connectivity index (χ3n) is 4.39. The quantitative estimate of drug-likeness (QED) is 0.482. The lowest BCUT2D eigenvalue weighted by Crippen LogP contribution is -2.26. The molecule has 0 saturated carbocycles. The van der Waals surface area contributed by atoms with E-state index in [-0.39, 0.29) is 18.2 Å². The molecule has 0 atom stereocenters. The highest BCUT2D eigenvalue weighted by Crippen LogP contribution is 2.23. The van der Waals surface area contributed by atoms with E-state index in [0.29, 0.717) is 28.0 Å². The van der Waals surface area contributed by atoms with Gasteiger partial charge in [-0.25, -0.2) is 14.5 Å². The molecule has 3 heterocycles. The highest BCUT2D eigenvalue weighted by atomic mass is 16.5. The van der Waals surface area contributed by atoms with Crippen LogP contribution in [0.4, 0.5) is 0 Å². The van der Waals surface area contributed by atoms with Crippen LogP contribution < -0.4 is 5.56 Å². The molecular formula is C20H18N6O3. The second-order valence-electron chi connectivity index (χ2n) is 6.67. The zero-order valence-corrected chi connectivity index (χ0v) is 15.9. The number of ether oxygens (including phenoxy) is 1. The zero-order valence-electron chi connectivity index (χ0n) is 15.9. The molecule has 1 aromatic carbocycles. The fourth-order valence-electron chi connectivity index (χ4n) is 3.04. The van der Waals surface area contributed by atoms with Crippen LogP contribution in [-0.2, 0) is 11.5 Å². The minimum Gasteiger partial charge on any atom is -0.438 e. The number of benzene rings is 1. The summed E-state index contributed by atoms with van der Waals surface area (Å²) in [6, 6.07) is 12.3. The van der Waals surface area contributed by atoms with Crippen LogP contribution in [0.2, 0.25) is 0 Å². The lowest BCUT2D eigenvalue weighted by molar-refractivity contribution is 0.0334. The molecule has 0 bridgehead atoms. The zero-order chi connectivity index (χ0) is 20.4. The lowest BCUT2D eigenvalue weighted by atomic mass is 10.1. The number of hydrogen-bond donors (Lipinski definition) is 0. The summed E-state index contributed by atoms with van der Waals surface area (Å²) < 4.78 is 7.96. The number of rotatable bonds is 5. The molecule has 0 saturated heterocycles. The highest BCUT2D eigenvalue weighted by molar-refractivity contribution is 5.90. The number of carbonyl (C=O) groups is 1. The number of nitrogens with zero attached hydrogens (tertiary/aromatic N) is 6. The van der Waals surface area contributed by atoms with Gasteiger partial charge in [-0.2, -0.15) is 9.78 Å². The molecule has 3 aromatic heterocycles. The van der Waals surface area contributed by atoms with E-state index in [1.807, 2.05) is 19.9 Å². The molecule has 0 unspecified atom stereocenters. The Hall–Kier alpha value is -3.88. The smallest absolute Gasteiger partial charge is 0.343 e. The average molecular weight is 390 g/mol. The van der Waals surface area contributed by atoms with Crippen LogP contribution in [0.15, 0.2) is 59.7 Å². The van der Waals surface area contributed by atoms with Gasteiger partial charge in [-0.05, 0) is 30.2 Å². The predicted molar refractivity (Wildman–Crippen MR) is 105 cm³/mol. The van der Waals surface area contributed by atoms with Crippen molar-refractivity contribution in [2.45, 2.75) is 26.5 Å². The Balaban J connectivity index is 1.60. The Morgan fingerprint density at radius 3 is 2.69 bits per heavy atom. The van der Waals surface area contributed by atoms with E-state index in [0.717, 1.165) is 4.68 Å². The highest BCUT2D eigenvalue weighted by Gasteiger charge is 2.22. The van der Waals surface area contributed by atoms with Gasteiger partial charge in [-0.15, -0.1) is 5.10 Å². The second kappa shape index (κ2) is 7.63. The van der Waals surface area contributed by atoms with Crippen molar-refractivity contribution in [3.63, 3.8) is 0 Å². The Kier molecular flexibility index (Phi) is 4.86. The molecule has 146 valence electrons. The fourth-order valence-corrected chi connectivity index (χ4v) is 3.04. The predicted octanol–water partition coefficient (Wildman–Crippen LogP) is 2.31. The number of fused-ring (bicyclic) bond motifs is 1. The summed E-state index contributed by atoms with van der Waals surface area (Å²) in [5.74, 6) is -0.00477. The maximum absolute atomic E-state index is 12.7. The van der Waals surface area contributed by atoms with Crippen LogP contribution in [0.3, 0.4) is 0 Å². The number of pyridine rings is 1. The van der Waals surface area contributed by atoms with Gasteiger partial charge >= 0.3 is 5.97 Å². The largest absolute Gasteiger partial charge is 0.438 e. The van der Waals surface area contributed by atoms with Gasteiger partial charge < -0.3 is 4.74 Å². The fraction of sp³-hybridized carbons (Fsp3) is 0.200. The molecule has 0 radical (unpaired) electrons. The van der Waals surface area contributed by atoms with Gasteiger partial charge in [0.05, 0.1) is 17.3 Å². The number of hydrogen-bond acceptors (Lipinski definition) is 7. The Morgan fingerprint density at radius 1 is 1.14 bits per heavy atom. The van der Waals surface area contributed by atoms with Gasteiger partial charge in [0.25, 0.3) is 5.56 Å². The van der Waals surface area contributed by atoms with Crippen molar-refractivity contribution >= 4 is 16.9 Å². The summed E-state index contributed by atoms with van der Waals surface area (Å²) in [5.41, 5.74) is 1.09. The van der Waals surface area contributed by atoms with Crippen molar-refractivity contribution in [2.24, 2.45) is 0 Å². The summed E-state index contributed by atoms with van der Waals surface area (Å²) in [6.45, 7) is 3.56. The van der Waals surface area contributed by atoms with Crippen molar-refractivity contribution < 1.29 is 9.53 Å². The van der Waals surface area contributed by atoms with Crippen LogP contribution in [-0.4, -0.2) is 35.7 Å². The first kappa shape index (κ1) is 18.5. The van der Waals surface area contributed by atoms with E-state index < -0.39 is 5.97 Å². The standard InChI is InChI=1S/C20H18N6O3/c1-13(2)18-15(11-22-26(18)17-9-5-6-10-21-17)20(28)29-12-25-19(27)14-7-3-4-8-16(14)23-24-25/h3-11,13H,12H2,1-2H3. The molecule has 0 fully saturated rings. The molecule has 0 aliphatic carbocycles. The minimum atomic E-state index is -0.599. The van der Waals surface area contributed by atoms with E-state index in [4.69, 9.17) is 4.74 Å². The minimum absolute atomic E-state index is 0.00904. The summed E-state index contributed by atoms with van der Waals surface area (Å²) in [5, 5.41) is 12.5. The van der Waals surface area contributed by atoms with Crippen LogP contribution in [0.25, 0.3) is 16.7 Å². The molecule has 0 N–H and O–H groups in total. The third kappa shape index (κ3) is 3.49. The maximum Gasteiger partial charge on any atom is 0.343 e. The van der Waals surface area contributed by atoms with Gasteiger partial charge in [0.15, 0.2) is 12.5 Å². The topological polar surface area (TPSA) is 105 Å². The van der Waals surface area contributed by atoms with Crippen molar-refractivity contribution in [3.05, 3.63) is 76.5 Å². The average Bonchev–Trinajstić information content (AvgIpc) is 3.19. The molecule has 4 aromatic rings. The summed E-state index contributed by atoms with van der Waals surface area (Å²) in [4.78, 5) is 29.5. The molecule has 0 aliphatic heterocycles. The van der Waals surface area contributed by atoms with Gasteiger partial charge in [0, 0.05) is 6.20 Å². The molecule has 9 nitrogen and oxygen atoms in total. The Bertz CT molecular complexity index is 1230. The van der Waals surface area contributed by atoms with Gasteiger partial charge in [0.2, 0.25) is 0 Å². The monoisotopic (exact) mass is 390 g/mol. The van der Waals surface area contributed by atoms with Crippen LogP contribution in [0, 0.1) is 0 Å². The van der Waals surface area contributed by atoms with Crippen LogP contribution in [0.1, 0.15) is 35.8 Å². The van der Waals surface area contributed by atoms with E-state index in [1.54, 1.807) is 47.3 Å². The lowest BCUT2D eigenvalue weighted by Gasteiger charge is -2.12. The van der Waals surface area contributed by atoms with Gasteiger partial charge in [-0.1, -0.05) is 37.3 Å². The molecule has 9 heteroatoms. The molecule has 0 aliphatic rings. The molecule has 29 heavy (non-hydrogen) atoms. The molecule has 0 amide bonds. The summed E-state index contributed by atoms with van der Waals surface area (Å²) >= 11 is 0. The Morgan fingerprint density at radius 2 is 1.93 bits per heavy atom. The van der Waals surface area contributed by atoms with Crippen molar-refractivity contribution in [2.75, 3.05) is 0 Å². The molecule has 4 rings (SSSR count). The third-order valence-corrected chi connectivity index (χ3v) is 4.39. The van der Waals surface area contributed by atoms with Crippen molar-refractivity contribution in [1.82, 2.24) is 29.8 Å². The normalized spacial score (nSPS) is 11.1. The Labute approximate surface area is 165 Å². The summed E-state index contributed by atoms with van der Waals surface area (Å²) in [6.07, 6.45) is 3.10. The van der Waals surface area contributed by atoms with E-state index in [2.05, 4.69) is 20.4 Å². The van der Waals surface area contributed by atoms with Gasteiger partial charge in [-0.3, -0.25) is 4.79 Å². The first-order valence-electron chi connectivity index (χ1n) is 9.05. The molecule has 0 spiro atoms. The number of aromatic nitrogens is 6. The number of esters is 1. The first-order valence-corrected chi connectivity index (χ1v) is 9.05. The van der Waals surface area contributed by atoms with E-state index in [9.17, 15) is 9.59 Å². The van der Waals surface area contributed by atoms with Crippen molar-refractivity contribution in [3.8, 4) is 5.82 Å². The maximum atomic E-state index is 12.7. The first-order chi connectivity index (χ1) is 14.1. The van der Waals surface area contributed by atoms with Crippen molar-refractivity contribution in [1.29, 1.82) is 0 Å². The van der Waals surface area contributed by atoms with E-state index >= 15 is 0 Å². The number of carbonyl (C=O) groups excluding carboxylic acids is 1. The summed E-state index contributed by atoms with van der Waals surface area (Å²) in [7, 11) is 0. The molecular weight excluding hydrogens is 372 g/mol.